The molecule has 1 aromatic rings. The molecule has 0 radical (unpaired) electrons. The van der Waals surface area contributed by atoms with Crippen molar-refractivity contribution in [3.05, 3.63) is 17.0 Å². The maximum atomic E-state index is 12.5. The highest BCUT2D eigenvalue weighted by molar-refractivity contribution is 7.98. The van der Waals surface area contributed by atoms with Gasteiger partial charge in [0.15, 0.2) is 5.16 Å². The molecule has 6 nitrogen and oxygen atoms in total. The molecule has 2 rings (SSSR count). The van der Waals surface area contributed by atoms with Crippen molar-refractivity contribution in [3.63, 3.8) is 0 Å². The summed E-state index contributed by atoms with van der Waals surface area (Å²) in [6.07, 6.45) is 4.00. The van der Waals surface area contributed by atoms with E-state index < -0.39 is 11.5 Å². The fourth-order valence-electron chi connectivity index (χ4n) is 3.11. The number of carbonyl (C=O) groups is 2. The molecule has 1 aliphatic rings. The van der Waals surface area contributed by atoms with E-state index in [2.05, 4.69) is 9.97 Å². The van der Waals surface area contributed by atoms with Gasteiger partial charge in [-0.25, -0.2) is 14.8 Å². The van der Waals surface area contributed by atoms with Gasteiger partial charge in [0.1, 0.15) is 5.54 Å². The first kappa shape index (κ1) is 17.7. The minimum Gasteiger partial charge on any atom is -0.480 e. The van der Waals surface area contributed by atoms with Crippen LogP contribution in [0.1, 0.15) is 43.1 Å². The first-order valence-corrected chi connectivity index (χ1v) is 8.94. The van der Waals surface area contributed by atoms with Crippen molar-refractivity contribution in [1.29, 1.82) is 0 Å². The van der Waals surface area contributed by atoms with E-state index in [1.807, 2.05) is 20.1 Å². The number of hydrogen-bond acceptors (Lipinski definition) is 5. The van der Waals surface area contributed by atoms with Crippen LogP contribution in [0, 0.1) is 13.8 Å². The zero-order valence-electron chi connectivity index (χ0n) is 14.0. The van der Waals surface area contributed by atoms with Gasteiger partial charge in [0.25, 0.3) is 0 Å². The zero-order chi connectivity index (χ0) is 17.2. The molecule has 1 atom stereocenters. The summed E-state index contributed by atoms with van der Waals surface area (Å²) < 4.78 is 0. The number of carbonyl (C=O) groups excluding carboxylic acids is 1. The lowest BCUT2D eigenvalue weighted by molar-refractivity contribution is -0.155. The molecule has 0 saturated carbocycles. The third kappa shape index (κ3) is 3.49. The average molecular weight is 337 g/mol. The van der Waals surface area contributed by atoms with E-state index >= 15 is 0 Å². The summed E-state index contributed by atoms with van der Waals surface area (Å²) in [6, 6.07) is 0. The van der Waals surface area contributed by atoms with E-state index in [4.69, 9.17) is 0 Å². The van der Waals surface area contributed by atoms with Gasteiger partial charge < -0.3 is 10.0 Å². The minimum absolute atomic E-state index is 0.111. The van der Waals surface area contributed by atoms with Crippen LogP contribution in [0.4, 0.5) is 0 Å². The van der Waals surface area contributed by atoms with Gasteiger partial charge in [0, 0.05) is 24.4 Å². The van der Waals surface area contributed by atoms with Gasteiger partial charge in [-0.2, -0.15) is 0 Å². The van der Waals surface area contributed by atoms with Gasteiger partial charge in [0.05, 0.1) is 0 Å². The molecule has 7 heteroatoms. The number of likely N-dealkylation sites (tertiary alicyclic amines) is 1. The van der Waals surface area contributed by atoms with Crippen LogP contribution in [0.2, 0.25) is 0 Å². The van der Waals surface area contributed by atoms with Gasteiger partial charge in [0.2, 0.25) is 5.91 Å². The molecule has 23 heavy (non-hydrogen) atoms. The number of rotatable bonds is 5. The number of aromatic nitrogens is 2. The van der Waals surface area contributed by atoms with Gasteiger partial charge >= 0.3 is 5.97 Å². The largest absolute Gasteiger partial charge is 0.480 e. The molecule has 0 aromatic carbocycles. The second kappa shape index (κ2) is 6.86. The predicted octanol–water partition coefficient (Wildman–Crippen LogP) is 2.21. The van der Waals surface area contributed by atoms with Crippen molar-refractivity contribution in [2.24, 2.45) is 0 Å². The molecular weight excluding hydrogens is 314 g/mol. The minimum atomic E-state index is -1.07. The van der Waals surface area contributed by atoms with E-state index in [1.54, 1.807) is 6.92 Å². The van der Waals surface area contributed by atoms with Crippen molar-refractivity contribution in [2.45, 2.75) is 57.1 Å². The second-order valence-corrected chi connectivity index (χ2v) is 6.86. The van der Waals surface area contributed by atoms with Crippen LogP contribution in [0.5, 0.6) is 0 Å². The number of carboxylic acid groups (broad SMARTS) is 1. The summed E-state index contributed by atoms with van der Waals surface area (Å²) in [5.41, 5.74) is 1.68. The lowest BCUT2D eigenvalue weighted by atomic mass is 9.98. The Balaban J connectivity index is 2.09. The smallest absolute Gasteiger partial charge is 0.329 e. The lowest BCUT2D eigenvalue weighted by Crippen LogP contribution is -2.50. The molecular formula is C16H23N3O3S. The van der Waals surface area contributed by atoms with E-state index in [0.717, 1.165) is 28.5 Å². The number of hydrogen-bond donors (Lipinski definition) is 1. The Labute approximate surface area is 140 Å². The average Bonchev–Trinajstić information content (AvgIpc) is 2.89. The molecule has 1 amide bonds. The zero-order valence-corrected chi connectivity index (χ0v) is 14.9. The van der Waals surface area contributed by atoms with Crippen molar-refractivity contribution < 1.29 is 14.7 Å². The van der Waals surface area contributed by atoms with Gasteiger partial charge in [-0.15, -0.1) is 0 Å². The third-order valence-electron chi connectivity index (χ3n) is 4.57. The molecule has 0 aliphatic carbocycles. The summed E-state index contributed by atoms with van der Waals surface area (Å²) in [4.78, 5) is 34.3. The van der Waals surface area contributed by atoms with Crippen molar-refractivity contribution in [2.75, 3.05) is 12.8 Å². The molecule has 1 saturated heterocycles. The van der Waals surface area contributed by atoms with Crippen LogP contribution < -0.4 is 0 Å². The highest BCUT2D eigenvalue weighted by atomic mass is 32.2. The van der Waals surface area contributed by atoms with Crippen molar-refractivity contribution >= 4 is 23.6 Å². The van der Waals surface area contributed by atoms with E-state index in [-0.39, 0.29) is 12.3 Å². The third-order valence-corrected chi connectivity index (χ3v) is 5.12. The maximum Gasteiger partial charge on any atom is 0.329 e. The Bertz CT molecular complexity index is 612. The summed E-state index contributed by atoms with van der Waals surface area (Å²) in [5.74, 6) is -1.04. The van der Waals surface area contributed by atoms with Gasteiger partial charge in [-0.05, 0) is 51.9 Å². The SMILES string of the molecule is CSc1nc(C)c(CCC(=O)N2CCCC2(C)C(=O)O)c(C)n1. The Morgan fingerprint density at radius 3 is 2.43 bits per heavy atom. The first-order chi connectivity index (χ1) is 10.8. The maximum absolute atomic E-state index is 12.5. The molecule has 1 aromatic heterocycles. The van der Waals surface area contributed by atoms with Crippen LogP contribution in [-0.2, 0) is 16.0 Å². The van der Waals surface area contributed by atoms with Crippen molar-refractivity contribution in [3.8, 4) is 0 Å². The topological polar surface area (TPSA) is 83.4 Å². The second-order valence-electron chi connectivity index (χ2n) is 6.09. The van der Waals surface area contributed by atoms with Crippen LogP contribution in [0.15, 0.2) is 5.16 Å². The predicted molar refractivity (Wildman–Crippen MR) is 88.6 cm³/mol. The Hall–Kier alpha value is -1.63. The fraction of sp³-hybridized carbons (Fsp3) is 0.625. The Morgan fingerprint density at radius 2 is 1.91 bits per heavy atom. The van der Waals surface area contributed by atoms with Crippen LogP contribution >= 0.6 is 11.8 Å². The lowest BCUT2D eigenvalue weighted by Gasteiger charge is -2.31. The normalized spacial score (nSPS) is 20.8. The van der Waals surface area contributed by atoms with E-state index in [0.29, 0.717) is 19.4 Å². The molecule has 1 N–H and O–H groups in total. The van der Waals surface area contributed by atoms with Crippen LogP contribution in [-0.4, -0.2) is 50.2 Å². The number of aryl methyl sites for hydroxylation is 2. The molecule has 1 unspecified atom stereocenters. The Kier molecular flexibility index (Phi) is 5.29. The monoisotopic (exact) mass is 337 g/mol. The molecule has 126 valence electrons. The standard InChI is InChI=1S/C16H23N3O3S/c1-10-12(11(2)18-15(17-10)23-4)6-7-13(20)19-9-5-8-16(19,3)14(21)22/h5-9H2,1-4H3,(H,21,22). The molecule has 1 aliphatic heterocycles. The van der Waals surface area contributed by atoms with Crippen molar-refractivity contribution in [1.82, 2.24) is 14.9 Å². The van der Waals surface area contributed by atoms with E-state index in [9.17, 15) is 14.7 Å². The highest BCUT2D eigenvalue weighted by Gasteiger charge is 2.45. The number of amides is 1. The molecule has 0 spiro atoms. The number of nitrogens with zero attached hydrogens (tertiary/aromatic N) is 3. The van der Waals surface area contributed by atoms with E-state index in [1.165, 1.54) is 16.7 Å². The summed E-state index contributed by atoms with van der Waals surface area (Å²) in [5, 5.41) is 10.1. The Morgan fingerprint density at radius 1 is 1.30 bits per heavy atom. The number of carboxylic acids is 1. The number of thioether (sulfide) groups is 1. The summed E-state index contributed by atoms with van der Waals surface area (Å²) in [7, 11) is 0. The highest BCUT2D eigenvalue weighted by Crippen LogP contribution is 2.30. The molecule has 1 fully saturated rings. The van der Waals surface area contributed by atoms with Crippen LogP contribution in [0.25, 0.3) is 0 Å². The quantitative estimate of drug-likeness (QED) is 0.655. The first-order valence-electron chi connectivity index (χ1n) is 7.71. The molecule has 0 bridgehead atoms. The fourth-order valence-corrected chi connectivity index (χ4v) is 3.57. The van der Waals surface area contributed by atoms with Crippen LogP contribution in [0.3, 0.4) is 0 Å². The molecule has 2 heterocycles. The summed E-state index contributed by atoms with van der Waals surface area (Å²) >= 11 is 1.49. The van der Waals surface area contributed by atoms with Gasteiger partial charge in [-0.1, -0.05) is 11.8 Å². The summed E-state index contributed by atoms with van der Waals surface area (Å²) in [6.45, 7) is 5.99. The van der Waals surface area contributed by atoms with Gasteiger partial charge in [-0.3, -0.25) is 4.79 Å². The number of aliphatic carboxylic acids is 1.